The van der Waals surface area contributed by atoms with Crippen LogP contribution in [0.15, 0.2) is 28.6 Å². The molecule has 82 valence electrons. The van der Waals surface area contributed by atoms with Crippen molar-refractivity contribution in [2.45, 2.75) is 25.8 Å². The summed E-state index contributed by atoms with van der Waals surface area (Å²) in [7, 11) is 0. The zero-order valence-electron chi connectivity index (χ0n) is 8.82. The quantitative estimate of drug-likeness (QED) is 0.583. The molecule has 1 unspecified atom stereocenters. The van der Waals surface area contributed by atoms with Crippen molar-refractivity contribution in [3.05, 3.63) is 35.5 Å². The second-order valence-corrected chi connectivity index (χ2v) is 3.50. The van der Waals surface area contributed by atoms with Gasteiger partial charge in [-0.15, -0.1) is 0 Å². The molecule has 0 saturated carbocycles. The van der Waals surface area contributed by atoms with Crippen molar-refractivity contribution in [2.75, 3.05) is 6.61 Å². The van der Waals surface area contributed by atoms with Crippen molar-refractivity contribution in [3.63, 3.8) is 0 Å². The fourth-order valence-electron chi connectivity index (χ4n) is 1.86. The molecule has 1 aliphatic rings. The lowest BCUT2D eigenvalue weighted by atomic mass is 10.1. The average Bonchev–Trinajstić information content (AvgIpc) is 2.89. The number of rotatable bonds is 4. The first-order valence-electron chi connectivity index (χ1n) is 5.22. The predicted octanol–water partition coefficient (Wildman–Crippen LogP) is 1.65. The molecule has 0 spiro atoms. The fourth-order valence-corrected chi connectivity index (χ4v) is 1.86. The summed E-state index contributed by atoms with van der Waals surface area (Å²) in [6.45, 7) is 2.80. The highest BCUT2D eigenvalue weighted by molar-refractivity contribution is 5.28. The standard InChI is InChI=1S/C11H16N2O2/c1-2-9-8(5-7-15-9)11(13-12)10-4-3-6-14-10/h4-5,7,11,13H,2-3,6,12H2,1H3. The summed E-state index contributed by atoms with van der Waals surface area (Å²) in [6, 6.07) is 1.85. The van der Waals surface area contributed by atoms with E-state index in [4.69, 9.17) is 15.0 Å². The van der Waals surface area contributed by atoms with Gasteiger partial charge in [-0.3, -0.25) is 5.84 Å². The van der Waals surface area contributed by atoms with Gasteiger partial charge < -0.3 is 9.15 Å². The monoisotopic (exact) mass is 208 g/mol. The van der Waals surface area contributed by atoms with Gasteiger partial charge in [-0.25, -0.2) is 5.43 Å². The molecule has 0 radical (unpaired) electrons. The molecule has 3 N–H and O–H groups in total. The minimum atomic E-state index is -0.0822. The Labute approximate surface area is 89.1 Å². The van der Waals surface area contributed by atoms with Crippen LogP contribution in [0.2, 0.25) is 0 Å². The average molecular weight is 208 g/mol. The van der Waals surface area contributed by atoms with E-state index < -0.39 is 0 Å². The van der Waals surface area contributed by atoms with Crippen molar-refractivity contribution in [2.24, 2.45) is 5.84 Å². The molecule has 1 aromatic rings. The first kappa shape index (κ1) is 10.3. The van der Waals surface area contributed by atoms with E-state index in [9.17, 15) is 0 Å². The Bertz CT molecular complexity index is 357. The van der Waals surface area contributed by atoms with Crippen molar-refractivity contribution in [1.82, 2.24) is 5.43 Å². The number of furan rings is 1. The van der Waals surface area contributed by atoms with Gasteiger partial charge in [0.05, 0.1) is 12.9 Å². The van der Waals surface area contributed by atoms with Crippen LogP contribution in [0.25, 0.3) is 0 Å². The molecule has 4 heteroatoms. The number of ether oxygens (including phenoxy) is 1. The second-order valence-electron chi connectivity index (χ2n) is 3.50. The number of nitrogens with two attached hydrogens (primary N) is 1. The highest BCUT2D eigenvalue weighted by atomic mass is 16.5. The van der Waals surface area contributed by atoms with E-state index in [1.165, 1.54) is 0 Å². The van der Waals surface area contributed by atoms with Gasteiger partial charge in [0, 0.05) is 18.4 Å². The maximum atomic E-state index is 5.55. The third-order valence-corrected chi connectivity index (χ3v) is 2.60. The first-order valence-corrected chi connectivity index (χ1v) is 5.22. The summed E-state index contributed by atoms with van der Waals surface area (Å²) >= 11 is 0. The summed E-state index contributed by atoms with van der Waals surface area (Å²) in [4.78, 5) is 0. The molecule has 1 aromatic heterocycles. The van der Waals surface area contributed by atoms with Crippen LogP contribution in [-0.4, -0.2) is 6.61 Å². The molecule has 0 fully saturated rings. The van der Waals surface area contributed by atoms with E-state index in [2.05, 4.69) is 18.4 Å². The van der Waals surface area contributed by atoms with Crippen molar-refractivity contribution in [1.29, 1.82) is 0 Å². The lowest BCUT2D eigenvalue weighted by Crippen LogP contribution is -2.30. The first-order chi connectivity index (χ1) is 7.36. The zero-order chi connectivity index (χ0) is 10.7. The molecule has 4 nitrogen and oxygen atoms in total. The van der Waals surface area contributed by atoms with Gasteiger partial charge in [0.15, 0.2) is 0 Å². The second kappa shape index (κ2) is 4.51. The topological polar surface area (TPSA) is 60.4 Å². The van der Waals surface area contributed by atoms with Crippen LogP contribution in [0.3, 0.4) is 0 Å². The molecular weight excluding hydrogens is 192 g/mol. The summed E-state index contributed by atoms with van der Waals surface area (Å²) in [6.07, 6.45) is 5.56. The molecule has 0 aromatic carbocycles. The molecule has 1 aliphatic heterocycles. The Morgan fingerprint density at radius 3 is 3.07 bits per heavy atom. The Morgan fingerprint density at radius 2 is 2.47 bits per heavy atom. The normalized spacial score (nSPS) is 17.3. The molecule has 0 bridgehead atoms. The van der Waals surface area contributed by atoms with Crippen LogP contribution in [0.5, 0.6) is 0 Å². The van der Waals surface area contributed by atoms with Crippen LogP contribution < -0.4 is 11.3 Å². The van der Waals surface area contributed by atoms with Crippen LogP contribution in [0.1, 0.15) is 30.7 Å². The number of hydrogen-bond donors (Lipinski definition) is 2. The van der Waals surface area contributed by atoms with Gasteiger partial charge in [0.2, 0.25) is 0 Å². The Balaban J connectivity index is 2.26. The van der Waals surface area contributed by atoms with Crippen LogP contribution >= 0.6 is 0 Å². The lowest BCUT2D eigenvalue weighted by Gasteiger charge is -2.16. The molecule has 2 heterocycles. The fraction of sp³-hybridized carbons (Fsp3) is 0.455. The third-order valence-electron chi connectivity index (χ3n) is 2.60. The lowest BCUT2D eigenvalue weighted by molar-refractivity contribution is 0.215. The van der Waals surface area contributed by atoms with Crippen LogP contribution in [0.4, 0.5) is 0 Å². The van der Waals surface area contributed by atoms with E-state index in [0.717, 1.165) is 36.5 Å². The maximum absolute atomic E-state index is 5.55. The van der Waals surface area contributed by atoms with E-state index in [1.54, 1.807) is 6.26 Å². The minimum absolute atomic E-state index is 0.0822. The van der Waals surface area contributed by atoms with Crippen molar-refractivity contribution < 1.29 is 9.15 Å². The Morgan fingerprint density at radius 1 is 1.60 bits per heavy atom. The van der Waals surface area contributed by atoms with Crippen molar-refractivity contribution in [3.8, 4) is 0 Å². The van der Waals surface area contributed by atoms with Crippen molar-refractivity contribution >= 4 is 0 Å². The van der Waals surface area contributed by atoms with Gasteiger partial charge in [-0.1, -0.05) is 6.92 Å². The number of aryl methyl sites for hydroxylation is 1. The SMILES string of the molecule is CCc1occc1C(NN)C1=CCCO1. The number of hydrazine groups is 1. The number of hydrogen-bond acceptors (Lipinski definition) is 4. The highest BCUT2D eigenvalue weighted by Crippen LogP contribution is 2.28. The summed E-state index contributed by atoms with van der Waals surface area (Å²) in [5.41, 5.74) is 3.83. The largest absolute Gasteiger partial charge is 0.496 e. The maximum Gasteiger partial charge on any atom is 0.115 e. The molecule has 1 atom stereocenters. The molecule has 2 rings (SSSR count). The van der Waals surface area contributed by atoms with E-state index >= 15 is 0 Å². The van der Waals surface area contributed by atoms with Gasteiger partial charge in [-0.2, -0.15) is 0 Å². The van der Waals surface area contributed by atoms with Gasteiger partial charge in [0.1, 0.15) is 17.6 Å². The molecule has 0 amide bonds. The summed E-state index contributed by atoms with van der Waals surface area (Å²) in [5, 5.41) is 0. The molecule has 0 saturated heterocycles. The molecule has 15 heavy (non-hydrogen) atoms. The smallest absolute Gasteiger partial charge is 0.115 e. The van der Waals surface area contributed by atoms with Crippen LogP contribution in [-0.2, 0) is 11.2 Å². The van der Waals surface area contributed by atoms with Crippen LogP contribution in [0, 0.1) is 0 Å². The molecule has 0 aliphatic carbocycles. The van der Waals surface area contributed by atoms with Gasteiger partial charge in [-0.05, 0) is 12.1 Å². The Kier molecular flexibility index (Phi) is 3.08. The third kappa shape index (κ3) is 1.91. The highest BCUT2D eigenvalue weighted by Gasteiger charge is 2.23. The van der Waals surface area contributed by atoms with Gasteiger partial charge in [0.25, 0.3) is 0 Å². The summed E-state index contributed by atoms with van der Waals surface area (Å²) in [5.74, 6) is 7.40. The Hall–Kier alpha value is -1.26. The number of nitrogens with one attached hydrogen (secondary N) is 1. The van der Waals surface area contributed by atoms with Gasteiger partial charge >= 0.3 is 0 Å². The van der Waals surface area contributed by atoms with E-state index in [0.29, 0.717) is 0 Å². The molecular formula is C11H16N2O2. The van der Waals surface area contributed by atoms with E-state index in [-0.39, 0.29) is 6.04 Å². The van der Waals surface area contributed by atoms with E-state index in [1.807, 2.05) is 6.07 Å². The predicted molar refractivity (Wildman–Crippen MR) is 56.8 cm³/mol. The summed E-state index contributed by atoms with van der Waals surface area (Å²) < 4.78 is 10.9. The minimum Gasteiger partial charge on any atom is -0.496 e. The zero-order valence-corrected chi connectivity index (χ0v) is 8.82.